The Labute approximate surface area is 124 Å². The summed E-state index contributed by atoms with van der Waals surface area (Å²) >= 11 is 0. The third-order valence-corrected chi connectivity index (χ3v) is 5.61. The number of hydrogen-bond donors (Lipinski definition) is 3. The molecule has 0 amide bonds. The molecule has 1 aliphatic rings. The number of nitrogens with two attached hydrogens (primary N) is 1. The Balaban J connectivity index is 1.99. The first-order valence-corrected chi connectivity index (χ1v) is 9.35. The van der Waals surface area contributed by atoms with Crippen LogP contribution in [0.3, 0.4) is 0 Å². The number of nitrogens with one attached hydrogen (secondary N) is 2. The minimum Gasteiger partial charge on any atom is -0.314 e. The maximum Gasteiger partial charge on any atom is 0.279 e. The molecule has 0 bridgehead atoms. The second-order valence-electron chi connectivity index (χ2n) is 4.66. The number of nitrogens with zero attached hydrogens (tertiary/aromatic N) is 1. The van der Waals surface area contributed by atoms with Gasteiger partial charge in [0.15, 0.2) is 0 Å². The van der Waals surface area contributed by atoms with Gasteiger partial charge in [0.2, 0.25) is 10.0 Å². The molecule has 1 aliphatic heterocycles. The van der Waals surface area contributed by atoms with E-state index in [1.807, 2.05) is 0 Å². The highest BCUT2D eigenvalue weighted by Crippen LogP contribution is 2.09. The van der Waals surface area contributed by atoms with Gasteiger partial charge in [-0.15, -0.1) is 0 Å². The fourth-order valence-electron chi connectivity index (χ4n) is 1.95. The molecule has 1 aromatic carbocycles. The van der Waals surface area contributed by atoms with E-state index in [9.17, 15) is 16.8 Å². The van der Waals surface area contributed by atoms with Gasteiger partial charge in [0, 0.05) is 32.7 Å². The van der Waals surface area contributed by atoms with E-state index in [2.05, 4.69) is 10.0 Å². The first kappa shape index (κ1) is 16.3. The number of benzene rings is 1. The minimum absolute atomic E-state index is 0.00351. The van der Waals surface area contributed by atoms with Crippen LogP contribution in [0.4, 0.5) is 0 Å². The molecule has 1 fully saturated rings. The highest BCUT2D eigenvalue weighted by atomic mass is 32.2. The van der Waals surface area contributed by atoms with Crippen molar-refractivity contribution in [2.24, 2.45) is 5.14 Å². The second kappa shape index (κ2) is 6.38. The van der Waals surface area contributed by atoms with Crippen LogP contribution in [0, 0.1) is 0 Å². The van der Waals surface area contributed by atoms with Gasteiger partial charge in [-0.25, -0.2) is 13.6 Å². The summed E-state index contributed by atoms with van der Waals surface area (Å²) in [6.45, 7) is 2.21. The Morgan fingerprint density at radius 2 is 1.67 bits per heavy atom. The van der Waals surface area contributed by atoms with E-state index in [0.717, 1.165) is 0 Å². The Morgan fingerprint density at radius 1 is 1.10 bits per heavy atom. The van der Waals surface area contributed by atoms with Crippen LogP contribution in [0.15, 0.2) is 29.2 Å². The molecule has 1 aromatic rings. The zero-order valence-electron chi connectivity index (χ0n) is 11.3. The Hall–Kier alpha value is -1.04. The normalized spacial score (nSPS) is 17.8. The van der Waals surface area contributed by atoms with Crippen molar-refractivity contribution in [3.8, 4) is 0 Å². The number of sulfonamides is 1. The molecule has 0 atom stereocenters. The fraction of sp³-hybridized carbons (Fsp3) is 0.455. The molecule has 0 saturated carbocycles. The lowest BCUT2D eigenvalue weighted by Crippen LogP contribution is -2.50. The topological polar surface area (TPSA) is 122 Å². The van der Waals surface area contributed by atoms with Crippen molar-refractivity contribution in [2.75, 3.05) is 26.2 Å². The first-order valence-electron chi connectivity index (χ1n) is 6.36. The zero-order chi connectivity index (χ0) is 15.5. The zero-order valence-corrected chi connectivity index (χ0v) is 13.0. The Bertz CT molecular complexity index is 679. The monoisotopic (exact) mass is 334 g/mol. The van der Waals surface area contributed by atoms with Crippen molar-refractivity contribution in [3.63, 3.8) is 0 Å². The van der Waals surface area contributed by atoms with Crippen LogP contribution in [-0.2, 0) is 26.8 Å². The summed E-state index contributed by atoms with van der Waals surface area (Å²) in [5.41, 5.74) is 0.654. The standard InChI is InChI=1S/C11H18N4O4S2/c12-20(16,17)11-3-1-10(2-4-11)9-14-21(18,19)15-7-5-13-6-8-15/h1-4,13-14H,5-9H2,(H2,12,16,17). The lowest BCUT2D eigenvalue weighted by molar-refractivity contribution is 0.354. The van der Waals surface area contributed by atoms with E-state index in [4.69, 9.17) is 5.14 Å². The molecule has 4 N–H and O–H groups in total. The van der Waals surface area contributed by atoms with Crippen LogP contribution in [0.1, 0.15) is 5.56 Å². The maximum absolute atomic E-state index is 12.1. The van der Waals surface area contributed by atoms with Crippen LogP contribution >= 0.6 is 0 Å². The molecular formula is C11H18N4O4S2. The van der Waals surface area contributed by atoms with Gasteiger partial charge < -0.3 is 5.32 Å². The van der Waals surface area contributed by atoms with Gasteiger partial charge in [-0.2, -0.15) is 17.4 Å². The van der Waals surface area contributed by atoms with Crippen LogP contribution in [0.5, 0.6) is 0 Å². The summed E-state index contributed by atoms with van der Waals surface area (Å²) in [6.07, 6.45) is 0. The largest absolute Gasteiger partial charge is 0.314 e. The molecule has 0 spiro atoms. The van der Waals surface area contributed by atoms with E-state index >= 15 is 0 Å². The van der Waals surface area contributed by atoms with Crippen LogP contribution in [0.2, 0.25) is 0 Å². The van der Waals surface area contributed by atoms with E-state index in [0.29, 0.717) is 31.7 Å². The summed E-state index contributed by atoms with van der Waals surface area (Å²) in [5, 5.41) is 8.07. The summed E-state index contributed by atoms with van der Waals surface area (Å²) < 4.78 is 50.2. The highest BCUT2D eigenvalue weighted by Gasteiger charge is 2.23. The Kier molecular flexibility index (Phi) is 4.96. The number of primary sulfonamides is 1. The number of hydrogen-bond acceptors (Lipinski definition) is 5. The van der Waals surface area contributed by atoms with Crippen LogP contribution < -0.4 is 15.2 Å². The molecule has 1 saturated heterocycles. The van der Waals surface area contributed by atoms with E-state index < -0.39 is 20.2 Å². The van der Waals surface area contributed by atoms with Gasteiger partial charge in [-0.3, -0.25) is 0 Å². The summed E-state index contributed by atoms with van der Waals surface area (Å²) in [6, 6.07) is 5.76. The van der Waals surface area contributed by atoms with E-state index in [-0.39, 0.29) is 11.4 Å². The van der Waals surface area contributed by atoms with Crippen molar-refractivity contribution in [1.29, 1.82) is 0 Å². The van der Waals surface area contributed by atoms with Crippen molar-refractivity contribution in [1.82, 2.24) is 14.3 Å². The van der Waals surface area contributed by atoms with Crippen LogP contribution in [0.25, 0.3) is 0 Å². The number of rotatable bonds is 5. The predicted molar refractivity (Wildman–Crippen MR) is 78.0 cm³/mol. The van der Waals surface area contributed by atoms with Crippen molar-refractivity contribution in [3.05, 3.63) is 29.8 Å². The third kappa shape index (κ3) is 4.46. The summed E-state index contributed by atoms with van der Waals surface area (Å²) in [7, 11) is -7.25. The molecule has 21 heavy (non-hydrogen) atoms. The molecule has 0 radical (unpaired) electrons. The average molecular weight is 334 g/mol. The summed E-state index contributed by atoms with van der Waals surface area (Å²) in [4.78, 5) is -0.00351. The SMILES string of the molecule is NS(=O)(=O)c1ccc(CNS(=O)(=O)N2CCNCC2)cc1. The van der Waals surface area contributed by atoms with E-state index in [1.165, 1.54) is 28.6 Å². The van der Waals surface area contributed by atoms with E-state index in [1.54, 1.807) is 0 Å². The van der Waals surface area contributed by atoms with Gasteiger partial charge in [-0.05, 0) is 17.7 Å². The molecule has 1 heterocycles. The van der Waals surface area contributed by atoms with Crippen molar-refractivity contribution < 1.29 is 16.8 Å². The highest BCUT2D eigenvalue weighted by molar-refractivity contribution is 7.89. The van der Waals surface area contributed by atoms with Gasteiger partial charge in [0.25, 0.3) is 10.2 Å². The van der Waals surface area contributed by atoms with Gasteiger partial charge >= 0.3 is 0 Å². The molecule has 0 aromatic heterocycles. The molecule has 8 nitrogen and oxygen atoms in total. The third-order valence-electron chi connectivity index (χ3n) is 3.13. The lowest BCUT2D eigenvalue weighted by Gasteiger charge is -2.26. The second-order valence-corrected chi connectivity index (χ2v) is 7.98. The Morgan fingerprint density at radius 3 is 2.19 bits per heavy atom. The van der Waals surface area contributed by atoms with Crippen molar-refractivity contribution >= 4 is 20.2 Å². The van der Waals surface area contributed by atoms with Crippen LogP contribution in [-0.4, -0.2) is 47.3 Å². The van der Waals surface area contributed by atoms with Gasteiger partial charge in [-0.1, -0.05) is 12.1 Å². The maximum atomic E-state index is 12.1. The summed E-state index contributed by atoms with van der Waals surface area (Å²) in [5.74, 6) is 0. The number of piperazine rings is 1. The minimum atomic E-state index is -3.73. The predicted octanol–water partition coefficient (Wildman–Crippen LogP) is -1.43. The molecule has 118 valence electrons. The van der Waals surface area contributed by atoms with Gasteiger partial charge in [0.1, 0.15) is 0 Å². The molecule has 10 heteroatoms. The first-order chi connectivity index (χ1) is 9.79. The molecule has 2 rings (SSSR count). The molecule has 0 unspecified atom stereocenters. The molecular weight excluding hydrogens is 316 g/mol. The van der Waals surface area contributed by atoms with Gasteiger partial charge in [0.05, 0.1) is 4.90 Å². The molecule has 0 aliphatic carbocycles. The van der Waals surface area contributed by atoms with Crippen molar-refractivity contribution in [2.45, 2.75) is 11.4 Å². The fourth-order valence-corrected chi connectivity index (χ4v) is 3.66. The lowest BCUT2D eigenvalue weighted by atomic mass is 10.2. The quantitative estimate of drug-likeness (QED) is 0.610. The average Bonchev–Trinajstić information content (AvgIpc) is 2.46. The smallest absolute Gasteiger partial charge is 0.279 e.